The van der Waals surface area contributed by atoms with Gasteiger partial charge in [-0.3, -0.25) is 9.59 Å². The number of ketones is 1. The monoisotopic (exact) mass is 344 g/mol. The standard InChI is InChI=1S/C22H32O3/c1-6-10-21(5,20(24)25)22(11-8-7-9-12-22)19(23)18-16(3)13-15(2)14-17(18)4/h13-14H,6-12H2,1-5H3,(H,24,25). The molecule has 0 saturated heterocycles. The van der Waals surface area contributed by atoms with Crippen molar-refractivity contribution in [1.82, 2.24) is 0 Å². The van der Waals surface area contributed by atoms with Crippen molar-refractivity contribution in [3.63, 3.8) is 0 Å². The Morgan fingerprint density at radius 3 is 2.04 bits per heavy atom. The van der Waals surface area contributed by atoms with E-state index in [2.05, 4.69) is 0 Å². The van der Waals surface area contributed by atoms with E-state index in [-0.39, 0.29) is 5.78 Å². The highest BCUT2D eigenvalue weighted by atomic mass is 16.4. The fraction of sp³-hybridized carbons (Fsp3) is 0.636. The highest BCUT2D eigenvalue weighted by Gasteiger charge is 2.57. The minimum absolute atomic E-state index is 0.0561. The lowest BCUT2D eigenvalue weighted by molar-refractivity contribution is -0.157. The van der Waals surface area contributed by atoms with Crippen molar-refractivity contribution in [3.8, 4) is 0 Å². The molecule has 1 aromatic rings. The Kier molecular flexibility index (Phi) is 5.75. The number of carbonyl (C=O) groups excluding carboxylic acids is 1. The van der Waals surface area contributed by atoms with Crippen LogP contribution in [0, 0.1) is 31.6 Å². The lowest BCUT2D eigenvalue weighted by atomic mass is 9.53. The zero-order valence-corrected chi connectivity index (χ0v) is 16.4. The van der Waals surface area contributed by atoms with Crippen molar-refractivity contribution in [1.29, 1.82) is 0 Å². The Labute approximate surface area is 151 Å². The zero-order valence-electron chi connectivity index (χ0n) is 16.4. The third kappa shape index (κ3) is 3.26. The average Bonchev–Trinajstić information content (AvgIpc) is 2.54. The predicted octanol–water partition coefficient (Wildman–Crippen LogP) is 5.64. The molecule has 0 bridgehead atoms. The molecule has 1 aromatic carbocycles. The molecule has 1 atom stereocenters. The molecule has 1 N–H and O–H groups in total. The molecule has 0 aromatic heterocycles. The average molecular weight is 344 g/mol. The van der Waals surface area contributed by atoms with E-state index in [4.69, 9.17) is 0 Å². The number of carboxylic acid groups (broad SMARTS) is 1. The lowest BCUT2D eigenvalue weighted by Crippen LogP contribution is -2.52. The Morgan fingerprint density at radius 2 is 1.60 bits per heavy atom. The summed E-state index contributed by atoms with van der Waals surface area (Å²) in [5.41, 5.74) is 2.02. The summed E-state index contributed by atoms with van der Waals surface area (Å²) in [6, 6.07) is 4.07. The molecule has 1 aliphatic rings. The number of benzene rings is 1. The van der Waals surface area contributed by atoms with Gasteiger partial charge in [-0.15, -0.1) is 0 Å². The van der Waals surface area contributed by atoms with Crippen LogP contribution in [0.1, 0.15) is 85.8 Å². The molecule has 1 fully saturated rings. The third-order valence-electron chi connectivity index (χ3n) is 6.32. The van der Waals surface area contributed by atoms with E-state index < -0.39 is 16.8 Å². The van der Waals surface area contributed by atoms with Crippen LogP contribution < -0.4 is 0 Å². The summed E-state index contributed by atoms with van der Waals surface area (Å²) in [5.74, 6) is -0.771. The summed E-state index contributed by atoms with van der Waals surface area (Å²) in [6.45, 7) is 9.79. The summed E-state index contributed by atoms with van der Waals surface area (Å²) < 4.78 is 0. The Balaban J connectivity index is 2.65. The van der Waals surface area contributed by atoms with Crippen LogP contribution in [0.25, 0.3) is 0 Å². The Bertz CT molecular complexity index is 645. The van der Waals surface area contributed by atoms with E-state index in [1.54, 1.807) is 6.92 Å². The number of hydrogen-bond acceptors (Lipinski definition) is 2. The van der Waals surface area contributed by atoms with Crippen LogP contribution in [0.3, 0.4) is 0 Å². The van der Waals surface area contributed by atoms with Crippen molar-refractivity contribution in [2.45, 2.75) is 79.6 Å². The van der Waals surface area contributed by atoms with Crippen LogP contribution >= 0.6 is 0 Å². The molecule has 1 aliphatic carbocycles. The van der Waals surface area contributed by atoms with Crippen LogP contribution in [-0.4, -0.2) is 16.9 Å². The van der Waals surface area contributed by atoms with Gasteiger partial charge in [0, 0.05) is 11.0 Å². The molecule has 25 heavy (non-hydrogen) atoms. The summed E-state index contributed by atoms with van der Waals surface area (Å²) >= 11 is 0. The number of Topliss-reactive ketones (excluding diaryl/α,β-unsaturated/α-hetero) is 1. The third-order valence-corrected chi connectivity index (χ3v) is 6.32. The minimum Gasteiger partial charge on any atom is -0.481 e. The molecule has 3 heteroatoms. The van der Waals surface area contributed by atoms with Crippen LogP contribution in [0.5, 0.6) is 0 Å². The second-order valence-corrected chi connectivity index (χ2v) is 8.13. The quantitative estimate of drug-likeness (QED) is 0.680. The van der Waals surface area contributed by atoms with Gasteiger partial charge in [0.25, 0.3) is 0 Å². The van der Waals surface area contributed by atoms with Crippen LogP contribution in [0.4, 0.5) is 0 Å². The van der Waals surface area contributed by atoms with E-state index in [9.17, 15) is 14.7 Å². The molecule has 1 saturated carbocycles. The minimum atomic E-state index is -1.01. The topological polar surface area (TPSA) is 54.4 Å². The molecule has 0 spiro atoms. The largest absolute Gasteiger partial charge is 0.481 e. The molecule has 0 amide bonds. The van der Waals surface area contributed by atoms with Crippen LogP contribution in [0.15, 0.2) is 12.1 Å². The highest BCUT2D eigenvalue weighted by molar-refractivity contribution is 6.05. The van der Waals surface area contributed by atoms with Crippen molar-refractivity contribution < 1.29 is 14.7 Å². The molecule has 3 nitrogen and oxygen atoms in total. The first kappa shape index (κ1) is 19.7. The van der Waals surface area contributed by atoms with Crippen molar-refractivity contribution in [2.24, 2.45) is 10.8 Å². The molecule has 1 unspecified atom stereocenters. The first-order valence-corrected chi connectivity index (χ1v) is 9.55. The van der Waals surface area contributed by atoms with Gasteiger partial charge in [0.05, 0.1) is 5.41 Å². The van der Waals surface area contributed by atoms with Crippen LogP contribution in [0.2, 0.25) is 0 Å². The number of rotatable bonds is 6. The first-order valence-electron chi connectivity index (χ1n) is 9.55. The van der Waals surface area contributed by atoms with E-state index in [0.717, 1.165) is 47.9 Å². The van der Waals surface area contributed by atoms with E-state index in [1.165, 1.54) is 0 Å². The number of hydrogen-bond donors (Lipinski definition) is 1. The van der Waals surface area contributed by atoms with Gasteiger partial charge >= 0.3 is 5.97 Å². The lowest BCUT2D eigenvalue weighted by Gasteiger charge is -2.48. The molecular formula is C22H32O3. The smallest absolute Gasteiger partial charge is 0.310 e. The van der Waals surface area contributed by atoms with Crippen LogP contribution in [-0.2, 0) is 4.79 Å². The highest BCUT2D eigenvalue weighted by Crippen LogP contribution is 2.54. The number of carboxylic acids is 1. The van der Waals surface area contributed by atoms with Crippen molar-refractivity contribution in [3.05, 3.63) is 34.4 Å². The van der Waals surface area contributed by atoms with Gasteiger partial charge in [-0.25, -0.2) is 0 Å². The summed E-state index contributed by atoms with van der Waals surface area (Å²) in [5, 5.41) is 10.1. The number of aliphatic carboxylic acids is 1. The Hall–Kier alpha value is -1.64. The van der Waals surface area contributed by atoms with Crippen molar-refractivity contribution >= 4 is 11.8 Å². The maximum Gasteiger partial charge on any atom is 0.310 e. The SMILES string of the molecule is CCCC(C)(C(=O)O)C1(C(=O)c2c(C)cc(C)cc2C)CCCCC1. The summed E-state index contributed by atoms with van der Waals surface area (Å²) in [4.78, 5) is 26.2. The maximum atomic E-state index is 13.8. The van der Waals surface area contributed by atoms with Gasteiger partial charge < -0.3 is 5.11 Å². The van der Waals surface area contributed by atoms with Gasteiger partial charge in [-0.1, -0.05) is 50.3 Å². The molecular weight excluding hydrogens is 312 g/mol. The zero-order chi connectivity index (χ0) is 18.8. The molecule has 0 heterocycles. The van der Waals surface area contributed by atoms with E-state index in [0.29, 0.717) is 19.3 Å². The number of carbonyl (C=O) groups is 2. The van der Waals surface area contributed by atoms with Gasteiger partial charge in [0.2, 0.25) is 0 Å². The van der Waals surface area contributed by atoms with Gasteiger partial charge in [-0.2, -0.15) is 0 Å². The van der Waals surface area contributed by atoms with E-state index >= 15 is 0 Å². The summed E-state index contributed by atoms with van der Waals surface area (Å²) in [7, 11) is 0. The normalized spacial score (nSPS) is 19.2. The second kappa shape index (κ2) is 7.31. The van der Waals surface area contributed by atoms with Gasteiger partial charge in [-0.05, 0) is 58.1 Å². The first-order chi connectivity index (χ1) is 11.7. The predicted molar refractivity (Wildman–Crippen MR) is 101 cm³/mol. The fourth-order valence-electron chi connectivity index (χ4n) is 5.01. The van der Waals surface area contributed by atoms with Crippen molar-refractivity contribution in [2.75, 3.05) is 0 Å². The van der Waals surface area contributed by atoms with Gasteiger partial charge in [0.15, 0.2) is 5.78 Å². The maximum absolute atomic E-state index is 13.8. The van der Waals surface area contributed by atoms with E-state index in [1.807, 2.05) is 39.8 Å². The molecule has 138 valence electrons. The fourth-order valence-corrected chi connectivity index (χ4v) is 5.01. The molecule has 0 aliphatic heterocycles. The van der Waals surface area contributed by atoms with Gasteiger partial charge in [0.1, 0.15) is 0 Å². The Morgan fingerprint density at radius 1 is 1.08 bits per heavy atom. The molecule has 2 rings (SSSR count). The molecule has 0 radical (unpaired) electrons. The summed E-state index contributed by atoms with van der Waals surface area (Å²) in [6.07, 6.45) is 5.62. The second-order valence-electron chi connectivity index (χ2n) is 8.13. The number of aryl methyl sites for hydroxylation is 3.